The maximum Gasteiger partial charge on any atom is 0.251 e. The van der Waals surface area contributed by atoms with Crippen molar-refractivity contribution >= 4 is 22.8 Å². The number of carbonyl (C=O) groups excluding carboxylic acids is 1. The highest BCUT2D eigenvalue weighted by molar-refractivity contribution is 5.94. The zero-order valence-corrected chi connectivity index (χ0v) is 18.0. The van der Waals surface area contributed by atoms with Gasteiger partial charge in [-0.05, 0) is 55.8 Å². The number of hydrogen-bond donors (Lipinski definition) is 1. The zero-order valence-electron chi connectivity index (χ0n) is 18.0. The Morgan fingerprint density at radius 2 is 1.71 bits per heavy atom. The van der Waals surface area contributed by atoms with Crippen LogP contribution in [0.3, 0.4) is 0 Å². The lowest BCUT2D eigenvalue weighted by atomic mass is 10.2. The van der Waals surface area contributed by atoms with Crippen LogP contribution < -0.4 is 10.2 Å². The molecule has 2 heterocycles. The second kappa shape index (κ2) is 9.43. The van der Waals surface area contributed by atoms with E-state index in [1.54, 1.807) is 6.20 Å². The summed E-state index contributed by atoms with van der Waals surface area (Å²) in [7, 11) is 0. The minimum absolute atomic E-state index is 0.114. The molecular formula is C25H27N5O. The minimum Gasteiger partial charge on any atom is -0.372 e. The molecule has 0 atom stereocenters. The third-order valence-electron chi connectivity index (χ3n) is 5.43. The minimum atomic E-state index is -0.114. The maximum absolute atomic E-state index is 12.7. The van der Waals surface area contributed by atoms with Gasteiger partial charge >= 0.3 is 0 Å². The second-order valence-electron chi connectivity index (χ2n) is 7.35. The molecule has 6 nitrogen and oxygen atoms in total. The number of nitrogens with zero attached hydrogens (tertiary/aromatic N) is 4. The third-order valence-corrected chi connectivity index (χ3v) is 5.43. The predicted octanol–water partition coefficient (Wildman–Crippen LogP) is 4.26. The van der Waals surface area contributed by atoms with E-state index in [9.17, 15) is 4.79 Å². The van der Waals surface area contributed by atoms with Gasteiger partial charge in [0.2, 0.25) is 0 Å². The highest BCUT2D eigenvalue weighted by Gasteiger charge is 2.14. The Balaban J connectivity index is 1.52. The molecule has 2 aromatic heterocycles. The quantitative estimate of drug-likeness (QED) is 0.469. The van der Waals surface area contributed by atoms with Gasteiger partial charge in [-0.2, -0.15) is 0 Å². The Morgan fingerprint density at radius 1 is 0.968 bits per heavy atom. The van der Waals surface area contributed by atoms with Crippen molar-refractivity contribution in [2.75, 3.05) is 18.0 Å². The van der Waals surface area contributed by atoms with Gasteiger partial charge in [0, 0.05) is 30.5 Å². The van der Waals surface area contributed by atoms with Gasteiger partial charge in [0.25, 0.3) is 5.91 Å². The molecule has 6 heteroatoms. The second-order valence-corrected chi connectivity index (χ2v) is 7.35. The normalized spacial score (nSPS) is 10.9. The Labute approximate surface area is 182 Å². The van der Waals surface area contributed by atoms with Gasteiger partial charge in [-0.1, -0.05) is 30.3 Å². The average molecular weight is 414 g/mol. The highest BCUT2D eigenvalue weighted by atomic mass is 16.1. The van der Waals surface area contributed by atoms with E-state index in [1.807, 2.05) is 54.6 Å². The molecule has 0 saturated carbocycles. The van der Waals surface area contributed by atoms with Gasteiger partial charge in [-0.3, -0.25) is 4.79 Å². The van der Waals surface area contributed by atoms with Crippen LogP contribution in [0, 0.1) is 0 Å². The average Bonchev–Trinajstić information content (AvgIpc) is 3.17. The van der Waals surface area contributed by atoms with Gasteiger partial charge in [0.1, 0.15) is 11.3 Å². The topological polar surface area (TPSA) is 63.1 Å². The molecule has 0 aliphatic carbocycles. The van der Waals surface area contributed by atoms with Gasteiger partial charge < -0.3 is 14.8 Å². The number of anilines is 1. The number of pyridine rings is 1. The molecule has 0 aliphatic rings. The molecule has 0 radical (unpaired) electrons. The van der Waals surface area contributed by atoms with Crippen LogP contribution in [0.25, 0.3) is 11.2 Å². The van der Waals surface area contributed by atoms with E-state index in [-0.39, 0.29) is 5.91 Å². The van der Waals surface area contributed by atoms with Crippen LogP contribution in [0.15, 0.2) is 72.9 Å². The summed E-state index contributed by atoms with van der Waals surface area (Å²) in [5, 5.41) is 3.02. The van der Waals surface area contributed by atoms with Crippen molar-refractivity contribution in [2.45, 2.75) is 26.9 Å². The first-order valence-electron chi connectivity index (χ1n) is 10.7. The first-order valence-corrected chi connectivity index (χ1v) is 10.7. The Bertz CT molecular complexity index is 1150. The van der Waals surface area contributed by atoms with E-state index in [1.165, 1.54) is 0 Å². The van der Waals surface area contributed by atoms with Crippen molar-refractivity contribution in [3.05, 3.63) is 89.9 Å². The van der Waals surface area contributed by atoms with E-state index >= 15 is 0 Å². The number of aromatic nitrogens is 3. The van der Waals surface area contributed by atoms with Gasteiger partial charge in [-0.25, -0.2) is 9.97 Å². The number of fused-ring (bicyclic) bond motifs is 1. The molecule has 0 unspecified atom stereocenters. The molecule has 31 heavy (non-hydrogen) atoms. The lowest BCUT2D eigenvalue weighted by Crippen LogP contribution is -2.25. The number of benzene rings is 2. The van der Waals surface area contributed by atoms with E-state index in [0.717, 1.165) is 41.3 Å². The number of hydrogen-bond acceptors (Lipinski definition) is 4. The molecule has 4 rings (SSSR count). The lowest BCUT2D eigenvalue weighted by Gasteiger charge is -2.21. The summed E-state index contributed by atoms with van der Waals surface area (Å²) in [6.07, 6.45) is 1.77. The highest BCUT2D eigenvalue weighted by Crippen LogP contribution is 2.17. The number of rotatable bonds is 8. The maximum atomic E-state index is 12.7. The molecule has 0 saturated heterocycles. The largest absolute Gasteiger partial charge is 0.372 e. The van der Waals surface area contributed by atoms with Crippen LogP contribution in [-0.2, 0) is 13.1 Å². The Morgan fingerprint density at radius 3 is 2.42 bits per heavy atom. The molecule has 0 spiro atoms. The van der Waals surface area contributed by atoms with Crippen molar-refractivity contribution in [3.63, 3.8) is 0 Å². The molecule has 0 fully saturated rings. The SMILES string of the molecule is CCN(CC)c1ccc(C(=O)NCc2nc3cccnc3n2Cc2ccccc2)cc1. The fraction of sp³-hybridized carbons (Fsp3) is 0.240. The molecular weight excluding hydrogens is 386 g/mol. The number of carbonyl (C=O) groups is 1. The number of imidazole rings is 1. The molecule has 0 bridgehead atoms. The van der Waals surface area contributed by atoms with E-state index in [2.05, 4.69) is 45.7 Å². The van der Waals surface area contributed by atoms with Crippen molar-refractivity contribution in [3.8, 4) is 0 Å². The fourth-order valence-electron chi connectivity index (χ4n) is 3.75. The molecule has 1 amide bonds. The van der Waals surface area contributed by atoms with Crippen LogP contribution in [0.1, 0.15) is 35.6 Å². The number of nitrogens with one attached hydrogen (secondary N) is 1. The summed E-state index contributed by atoms with van der Waals surface area (Å²) < 4.78 is 2.06. The Hall–Kier alpha value is -3.67. The van der Waals surface area contributed by atoms with Crippen molar-refractivity contribution in [2.24, 2.45) is 0 Å². The number of amides is 1. The van der Waals surface area contributed by atoms with Crippen molar-refractivity contribution < 1.29 is 4.79 Å². The third kappa shape index (κ3) is 4.58. The smallest absolute Gasteiger partial charge is 0.251 e. The first-order chi connectivity index (χ1) is 15.2. The van der Waals surface area contributed by atoms with Crippen LogP contribution in [0.2, 0.25) is 0 Å². The summed E-state index contributed by atoms with van der Waals surface area (Å²) in [6, 6.07) is 21.8. The van der Waals surface area contributed by atoms with Crippen LogP contribution in [-0.4, -0.2) is 33.5 Å². The van der Waals surface area contributed by atoms with E-state index in [4.69, 9.17) is 4.98 Å². The summed E-state index contributed by atoms with van der Waals surface area (Å²) >= 11 is 0. The molecule has 0 aliphatic heterocycles. The first kappa shape index (κ1) is 20.6. The summed E-state index contributed by atoms with van der Waals surface area (Å²) in [5.74, 6) is 0.669. The molecule has 1 N–H and O–H groups in total. The van der Waals surface area contributed by atoms with Crippen LogP contribution >= 0.6 is 0 Å². The van der Waals surface area contributed by atoms with Gasteiger partial charge in [0.05, 0.1) is 13.1 Å². The van der Waals surface area contributed by atoms with Gasteiger partial charge in [0.15, 0.2) is 5.65 Å². The molecule has 4 aromatic rings. The molecule has 158 valence electrons. The van der Waals surface area contributed by atoms with Crippen molar-refractivity contribution in [1.29, 1.82) is 0 Å². The predicted molar refractivity (Wildman–Crippen MR) is 124 cm³/mol. The summed E-state index contributed by atoms with van der Waals surface area (Å²) in [4.78, 5) is 24.2. The fourth-order valence-corrected chi connectivity index (χ4v) is 3.75. The van der Waals surface area contributed by atoms with Crippen molar-refractivity contribution in [1.82, 2.24) is 19.9 Å². The Kier molecular flexibility index (Phi) is 6.26. The monoisotopic (exact) mass is 413 g/mol. The standard InChI is InChI=1S/C25H27N5O/c1-3-29(4-2)21-14-12-20(13-15-21)25(31)27-17-23-28-22-11-8-16-26-24(22)30(23)18-19-9-6-5-7-10-19/h5-16H,3-4,17-18H2,1-2H3,(H,27,31). The van der Waals surface area contributed by atoms with E-state index < -0.39 is 0 Å². The zero-order chi connectivity index (χ0) is 21.6. The summed E-state index contributed by atoms with van der Waals surface area (Å²) in [6.45, 7) is 7.11. The van der Waals surface area contributed by atoms with Crippen LogP contribution in [0.5, 0.6) is 0 Å². The van der Waals surface area contributed by atoms with E-state index in [0.29, 0.717) is 18.7 Å². The van der Waals surface area contributed by atoms with Crippen LogP contribution in [0.4, 0.5) is 5.69 Å². The summed E-state index contributed by atoms with van der Waals surface area (Å²) in [5.41, 5.74) is 4.56. The molecule has 2 aromatic carbocycles. The van der Waals surface area contributed by atoms with Gasteiger partial charge in [-0.15, -0.1) is 0 Å². The lowest BCUT2D eigenvalue weighted by molar-refractivity contribution is 0.0949.